The average molecular weight is 273 g/mol. The zero-order valence-electron chi connectivity index (χ0n) is 11.0. The van der Waals surface area contributed by atoms with E-state index in [0.717, 1.165) is 5.56 Å². The van der Waals surface area contributed by atoms with Crippen molar-refractivity contribution in [3.63, 3.8) is 0 Å². The van der Waals surface area contributed by atoms with Gasteiger partial charge in [0.15, 0.2) is 6.29 Å². The number of rotatable bonds is 6. The van der Waals surface area contributed by atoms with Gasteiger partial charge >= 0.3 is 0 Å². The summed E-state index contributed by atoms with van der Waals surface area (Å²) in [5, 5.41) is 0. The van der Waals surface area contributed by atoms with E-state index in [2.05, 4.69) is 4.72 Å². The topological polar surface area (TPSA) is 64.6 Å². The Balaban J connectivity index is 2.89. The lowest BCUT2D eigenvalue weighted by molar-refractivity contribution is -0.115. The Hall–Kier alpha value is -0.950. The van der Waals surface area contributed by atoms with Crippen LogP contribution in [0, 0.1) is 6.92 Å². The highest BCUT2D eigenvalue weighted by Gasteiger charge is 2.23. The predicted molar refractivity (Wildman–Crippen MR) is 68.8 cm³/mol. The first-order valence-corrected chi connectivity index (χ1v) is 7.03. The Labute approximate surface area is 108 Å². The van der Waals surface area contributed by atoms with Crippen LogP contribution in [0.1, 0.15) is 12.5 Å². The lowest BCUT2D eigenvalue weighted by Gasteiger charge is -2.22. The van der Waals surface area contributed by atoms with Crippen LogP contribution in [0.2, 0.25) is 0 Å². The standard InChI is InChI=1S/C12H19NO4S/c1-9-6-5-7-11(8-9)18(14,15)13-10(2)12(16-3)17-4/h5-8,10,12-13H,1-4H3. The number of aryl methyl sites for hydroxylation is 1. The van der Waals surface area contributed by atoms with Gasteiger partial charge in [0.05, 0.1) is 10.9 Å². The largest absolute Gasteiger partial charge is 0.354 e. The van der Waals surface area contributed by atoms with Crippen molar-refractivity contribution in [3.8, 4) is 0 Å². The quantitative estimate of drug-likeness (QED) is 0.793. The van der Waals surface area contributed by atoms with Gasteiger partial charge in [-0.15, -0.1) is 0 Å². The lowest BCUT2D eigenvalue weighted by atomic mass is 10.2. The fraction of sp³-hybridized carbons (Fsp3) is 0.500. The van der Waals surface area contributed by atoms with Crippen molar-refractivity contribution in [2.45, 2.75) is 31.1 Å². The van der Waals surface area contributed by atoms with Crippen molar-refractivity contribution in [2.24, 2.45) is 0 Å². The zero-order valence-corrected chi connectivity index (χ0v) is 11.8. The molecule has 0 heterocycles. The molecule has 0 aromatic heterocycles. The molecule has 5 nitrogen and oxygen atoms in total. The molecule has 1 aromatic carbocycles. The Morgan fingerprint density at radius 1 is 1.22 bits per heavy atom. The molecule has 102 valence electrons. The van der Waals surface area contributed by atoms with E-state index in [4.69, 9.17) is 9.47 Å². The number of ether oxygens (including phenoxy) is 2. The Bertz CT molecular complexity index is 483. The molecule has 18 heavy (non-hydrogen) atoms. The minimum atomic E-state index is -3.56. The molecule has 1 atom stereocenters. The highest BCUT2D eigenvalue weighted by Crippen LogP contribution is 2.12. The van der Waals surface area contributed by atoms with Crippen molar-refractivity contribution in [1.29, 1.82) is 0 Å². The number of benzene rings is 1. The zero-order chi connectivity index (χ0) is 13.8. The van der Waals surface area contributed by atoms with Crippen LogP contribution in [0.15, 0.2) is 29.2 Å². The Morgan fingerprint density at radius 3 is 2.33 bits per heavy atom. The molecule has 0 aliphatic heterocycles. The van der Waals surface area contributed by atoms with Gasteiger partial charge < -0.3 is 9.47 Å². The van der Waals surface area contributed by atoms with E-state index in [9.17, 15) is 8.42 Å². The summed E-state index contributed by atoms with van der Waals surface area (Å²) in [4.78, 5) is 0.236. The third-order valence-corrected chi connectivity index (χ3v) is 4.07. The number of sulfonamides is 1. The molecule has 1 N–H and O–H groups in total. The lowest BCUT2D eigenvalue weighted by Crippen LogP contribution is -2.42. The van der Waals surface area contributed by atoms with Crippen molar-refractivity contribution >= 4 is 10.0 Å². The van der Waals surface area contributed by atoms with E-state index < -0.39 is 22.4 Å². The molecule has 1 aromatic rings. The van der Waals surface area contributed by atoms with Gasteiger partial charge in [0, 0.05) is 14.2 Å². The molecule has 0 aliphatic rings. The van der Waals surface area contributed by atoms with Crippen LogP contribution < -0.4 is 4.72 Å². The van der Waals surface area contributed by atoms with Crippen molar-refractivity contribution in [1.82, 2.24) is 4.72 Å². The third kappa shape index (κ3) is 3.78. The number of hydrogen-bond acceptors (Lipinski definition) is 4. The van der Waals surface area contributed by atoms with E-state index in [1.807, 2.05) is 13.0 Å². The number of hydrogen-bond donors (Lipinski definition) is 1. The van der Waals surface area contributed by atoms with Crippen molar-refractivity contribution in [2.75, 3.05) is 14.2 Å². The normalized spacial score (nSPS) is 13.8. The predicted octanol–water partition coefficient (Wildman–Crippen LogP) is 1.28. The molecule has 0 spiro atoms. The first-order valence-electron chi connectivity index (χ1n) is 5.55. The van der Waals surface area contributed by atoms with Crippen LogP contribution >= 0.6 is 0 Å². The number of methoxy groups -OCH3 is 2. The molecule has 0 bridgehead atoms. The second-order valence-electron chi connectivity index (χ2n) is 4.07. The monoisotopic (exact) mass is 273 g/mol. The van der Waals surface area contributed by atoms with Gasteiger partial charge in [0.1, 0.15) is 0 Å². The first-order chi connectivity index (χ1) is 8.40. The molecule has 0 saturated heterocycles. The van der Waals surface area contributed by atoms with E-state index in [-0.39, 0.29) is 4.90 Å². The summed E-state index contributed by atoms with van der Waals surface area (Å²) in [5.41, 5.74) is 0.889. The van der Waals surface area contributed by atoms with Crippen LogP contribution in [-0.4, -0.2) is 35.0 Å². The molecule has 1 rings (SSSR count). The molecule has 0 fully saturated rings. The van der Waals surface area contributed by atoms with Crippen LogP contribution in [-0.2, 0) is 19.5 Å². The molecule has 0 radical (unpaired) electrons. The maximum atomic E-state index is 12.1. The smallest absolute Gasteiger partial charge is 0.240 e. The molecule has 6 heteroatoms. The Kier molecular flexibility index (Phi) is 5.28. The summed E-state index contributed by atoms with van der Waals surface area (Å²) in [6, 6.07) is 6.24. The van der Waals surface area contributed by atoms with E-state index in [0.29, 0.717) is 0 Å². The number of nitrogens with one attached hydrogen (secondary N) is 1. The molecule has 0 amide bonds. The summed E-state index contributed by atoms with van der Waals surface area (Å²) in [6.45, 7) is 3.53. The summed E-state index contributed by atoms with van der Waals surface area (Å²) in [7, 11) is -0.629. The molecular formula is C12H19NO4S. The highest BCUT2D eigenvalue weighted by molar-refractivity contribution is 7.89. The average Bonchev–Trinajstić information content (AvgIpc) is 2.30. The van der Waals surface area contributed by atoms with E-state index in [1.165, 1.54) is 14.2 Å². The fourth-order valence-corrected chi connectivity index (χ4v) is 2.99. The maximum Gasteiger partial charge on any atom is 0.240 e. The van der Waals surface area contributed by atoms with Gasteiger partial charge in [-0.3, -0.25) is 0 Å². The minimum Gasteiger partial charge on any atom is -0.354 e. The van der Waals surface area contributed by atoms with Crippen LogP contribution in [0.4, 0.5) is 0 Å². The minimum absolute atomic E-state index is 0.236. The van der Waals surface area contributed by atoms with Crippen LogP contribution in [0.5, 0.6) is 0 Å². The summed E-state index contributed by atoms with van der Waals surface area (Å²) in [6.07, 6.45) is -0.621. The second kappa shape index (κ2) is 6.29. The van der Waals surface area contributed by atoms with Crippen LogP contribution in [0.25, 0.3) is 0 Å². The molecular weight excluding hydrogens is 254 g/mol. The van der Waals surface area contributed by atoms with Gasteiger partial charge in [-0.05, 0) is 31.5 Å². The first kappa shape index (κ1) is 15.1. The van der Waals surface area contributed by atoms with Gasteiger partial charge in [-0.1, -0.05) is 12.1 Å². The summed E-state index contributed by atoms with van der Waals surface area (Å²) in [5.74, 6) is 0. The second-order valence-corrected chi connectivity index (χ2v) is 5.78. The Morgan fingerprint density at radius 2 is 1.83 bits per heavy atom. The molecule has 1 unspecified atom stereocenters. The van der Waals surface area contributed by atoms with Gasteiger partial charge in [-0.2, -0.15) is 0 Å². The van der Waals surface area contributed by atoms with Gasteiger partial charge in [0.2, 0.25) is 10.0 Å². The summed E-state index contributed by atoms with van der Waals surface area (Å²) >= 11 is 0. The van der Waals surface area contributed by atoms with Crippen LogP contribution in [0.3, 0.4) is 0 Å². The van der Waals surface area contributed by atoms with Crippen molar-refractivity contribution < 1.29 is 17.9 Å². The van der Waals surface area contributed by atoms with Gasteiger partial charge in [0.25, 0.3) is 0 Å². The molecule has 0 aliphatic carbocycles. The maximum absolute atomic E-state index is 12.1. The van der Waals surface area contributed by atoms with Gasteiger partial charge in [-0.25, -0.2) is 13.1 Å². The summed E-state index contributed by atoms with van der Waals surface area (Å²) < 4.78 is 36.8. The van der Waals surface area contributed by atoms with E-state index in [1.54, 1.807) is 25.1 Å². The molecule has 0 saturated carbocycles. The fourth-order valence-electron chi connectivity index (χ4n) is 1.66. The SMILES string of the molecule is COC(OC)C(C)NS(=O)(=O)c1cccc(C)c1. The highest BCUT2D eigenvalue weighted by atomic mass is 32.2. The van der Waals surface area contributed by atoms with E-state index >= 15 is 0 Å². The third-order valence-electron chi connectivity index (χ3n) is 2.51. The van der Waals surface area contributed by atoms with Crippen molar-refractivity contribution in [3.05, 3.63) is 29.8 Å².